The highest BCUT2D eigenvalue weighted by atomic mass is 32.1. The highest BCUT2D eigenvalue weighted by Crippen LogP contribution is 2.14. The first-order chi connectivity index (χ1) is 9.70. The van der Waals surface area contributed by atoms with Crippen LogP contribution in [0.4, 0.5) is 4.79 Å². The van der Waals surface area contributed by atoms with Crippen molar-refractivity contribution in [3.8, 4) is 0 Å². The highest BCUT2D eigenvalue weighted by molar-refractivity contribution is 7.09. The zero-order chi connectivity index (χ0) is 14.4. The van der Waals surface area contributed by atoms with Gasteiger partial charge < -0.3 is 10.2 Å². The molecule has 0 saturated carbocycles. The second-order valence-electron chi connectivity index (χ2n) is 4.55. The highest BCUT2D eigenvalue weighted by Gasteiger charge is 2.15. The molecule has 0 aliphatic heterocycles. The Morgan fingerprint density at radius 1 is 1.40 bits per heavy atom. The lowest BCUT2D eigenvalue weighted by Crippen LogP contribution is -2.40. The lowest BCUT2D eigenvalue weighted by molar-refractivity contribution is 0.195. The van der Waals surface area contributed by atoms with E-state index in [9.17, 15) is 4.79 Å². The molecule has 106 valence electrons. The van der Waals surface area contributed by atoms with Gasteiger partial charge in [-0.05, 0) is 43.0 Å². The third kappa shape index (κ3) is 3.81. The molecule has 2 rings (SSSR count). The summed E-state index contributed by atoms with van der Waals surface area (Å²) in [7, 11) is 0. The number of urea groups is 1. The average Bonchev–Trinajstić information content (AvgIpc) is 2.98. The molecule has 20 heavy (non-hydrogen) atoms. The van der Waals surface area contributed by atoms with Crippen LogP contribution in [0.15, 0.2) is 42.0 Å². The van der Waals surface area contributed by atoms with Crippen molar-refractivity contribution in [3.63, 3.8) is 0 Å². The molecule has 0 saturated heterocycles. The van der Waals surface area contributed by atoms with Crippen molar-refractivity contribution in [3.05, 3.63) is 52.5 Å². The lowest BCUT2D eigenvalue weighted by atomic mass is 10.1. The summed E-state index contributed by atoms with van der Waals surface area (Å²) in [4.78, 5) is 19.3. The van der Waals surface area contributed by atoms with Crippen molar-refractivity contribution < 1.29 is 4.79 Å². The minimum atomic E-state index is -0.0368. The maximum Gasteiger partial charge on any atom is 0.318 e. The SMILES string of the molecule is CCN(Cc1cccs1)C(=O)NC(C)c1ccncc1. The first kappa shape index (κ1) is 14.5. The van der Waals surface area contributed by atoms with Crippen LogP contribution in [0.3, 0.4) is 0 Å². The Hall–Kier alpha value is -1.88. The minimum absolute atomic E-state index is 0.0251. The van der Waals surface area contributed by atoms with Crippen LogP contribution >= 0.6 is 11.3 Å². The smallest absolute Gasteiger partial charge is 0.318 e. The number of amides is 2. The monoisotopic (exact) mass is 289 g/mol. The van der Waals surface area contributed by atoms with Crippen molar-refractivity contribution in [2.75, 3.05) is 6.54 Å². The quantitative estimate of drug-likeness (QED) is 0.916. The van der Waals surface area contributed by atoms with Crippen molar-refractivity contribution in [1.82, 2.24) is 15.2 Å². The maximum absolute atomic E-state index is 12.3. The molecule has 0 aliphatic carbocycles. The van der Waals surface area contributed by atoms with Crippen LogP contribution in [0.25, 0.3) is 0 Å². The number of rotatable bonds is 5. The standard InChI is InChI=1S/C15H19N3OS/c1-3-18(11-14-5-4-10-20-14)15(19)17-12(2)13-6-8-16-9-7-13/h4-10,12H,3,11H2,1-2H3,(H,17,19). The molecule has 4 nitrogen and oxygen atoms in total. The van der Waals surface area contributed by atoms with Crippen molar-refractivity contribution in [2.45, 2.75) is 26.4 Å². The summed E-state index contributed by atoms with van der Waals surface area (Å²) in [5, 5.41) is 5.05. The fourth-order valence-electron chi connectivity index (χ4n) is 1.93. The molecule has 1 N–H and O–H groups in total. The number of aromatic nitrogens is 1. The van der Waals surface area contributed by atoms with Gasteiger partial charge in [-0.15, -0.1) is 11.3 Å². The van der Waals surface area contributed by atoms with E-state index in [0.29, 0.717) is 13.1 Å². The molecule has 0 bridgehead atoms. The van der Waals surface area contributed by atoms with Gasteiger partial charge in [0.25, 0.3) is 0 Å². The zero-order valence-electron chi connectivity index (χ0n) is 11.7. The number of hydrogen-bond donors (Lipinski definition) is 1. The molecule has 5 heteroatoms. The summed E-state index contributed by atoms with van der Waals surface area (Å²) in [6.07, 6.45) is 3.47. The first-order valence-electron chi connectivity index (χ1n) is 6.68. The van der Waals surface area contributed by atoms with E-state index in [4.69, 9.17) is 0 Å². The maximum atomic E-state index is 12.3. The Labute approximate surface area is 123 Å². The Bertz CT molecular complexity index is 527. The van der Waals surface area contributed by atoms with E-state index in [1.807, 2.05) is 48.4 Å². The van der Waals surface area contributed by atoms with E-state index < -0.39 is 0 Å². The number of nitrogens with one attached hydrogen (secondary N) is 1. The lowest BCUT2D eigenvalue weighted by Gasteiger charge is -2.23. The van der Waals surface area contributed by atoms with Gasteiger partial charge in [0, 0.05) is 23.8 Å². The molecular formula is C15H19N3OS. The molecular weight excluding hydrogens is 270 g/mol. The van der Waals surface area contributed by atoms with Crippen LogP contribution in [-0.4, -0.2) is 22.5 Å². The van der Waals surface area contributed by atoms with Crippen LogP contribution in [0, 0.1) is 0 Å². The summed E-state index contributed by atoms with van der Waals surface area (Å²) < 4.78 is 0. The third-order valence-corrected chi connectivity index (χ3v) is 4.00. The van der Waals surface area contributed by atoms with E-state index in [0.717, 1.165) is 5.56 Å². The molecule has 0 aromatic carbocycles. The Balaban J connectivity index is 1.95. The van der Waals surface area contributed by atoms with E-state index in [1.165, 1.54) is 4.88 Å². The number of pyridine rings is 1. The molecule has 0 spiro atoms. The molecule has 0 radical (unpaired) electrons. The van der Waals surface area contributed by atoms with Gasteiger partial charge >= 0.3 is 6.03 Å². The van der Waals surface area contributed by atoms with Gasteiger partial charge in [0.05, 0.1) is 12.6 Å². The molecule has 1 unspecified atom stereocenters. The average molecular weight is 289 g/mol. The summed E-state index contributed by atoms with van der Waals surface area (Å²) in [6, 6.07) is 7.83. The van der Waals surface area contributed by atoms with Gasteiger partial charge in [0.15, 0.2) is 0 Å². The van der Waals surface area contributed by atoms with Gasteiger partial charge in [0.1, 0.15) is 0 Å². The number of nitrogens with zero attached hydrogens (tertiary/aromatic N) is 2. The van der Waals surface area contributed by atoms with Gasteiger partial charge in [-0.2, -0.15) is 0 Å². The summed E-state index contributed by atoms with van der Waals surface area (Å²) in [5.74, 6) is 0. The molecule has 2 aromatic heterocycles. The fraction of sp³-hybridized carbons (Fsp3) is 0.333. The Morgan fingerprint density at radius 3 is 2.75 bits per heavy atom. The van der Waals surface area contributed by atoms with Gasteiger partial charge in [-0.3, -0.25) is 4.98 Å². The summed E-state index contributed by atoms with van der Waals surface area (Å²) in [5.41, 5.74) is 1.06. The van der Waals surface area contributed by atoms with Crippen LogP contribution in [0.5, 0.6) is 0 Å². The fourth-order valence-corrected chi connectivity index (χ4v) is 2.65. The number of carbonyl (C=O) groups is 1. The number of carbonyl (C=O) groups excluding carboxylic acids is 1. The normalized spacial score (nSPS) is 11.9. The largest absolute Gasteiger partial charge is 0.331 e. The Morgan fingerprint density at radius 2 is 2.15 bits per heavy atom. The first-order valence-corrected chi connectivity index (χ1v) is 7.56. The second-order valence-corrected chi connectivity index (χ2v) is 5.58. The van der Waals surface area contributed by atoms with E-state index in [2.05, 4.69) is 10.3 Å². The van der Waals surface area contributed by atoms with E-state index in [1.54, 1.807) is 23.7 Å². The minimum Gasteiger partial charge on any atom is -0.331 e. The molecule has 0 aliphatic rings. The number of hydrogen-bond acceptors (Lipinski definition) is 3. The molecule has 1 atom stereocenters. The summed E-state index contributed by atoms with van der Waals surface area (Å²) in [6.45, 7) is 5.31. The number of thiophene rings is 1. The van der Waals surface area contributed by atoms with Crippen LogP contribution < -0.4 is 5.32 Å². The van der Waals surface area contributed by atoms with Gasteiger partial charge in [-0.1, -0.05) is 6.07 Å². The van der Waals surface area contributed by atoms with Crippen molar-refractivity contribution in [2.24, 2.45) is 0 Å². The Kier molecular flexibility index (Phi) is 5.12. The molecule has 2 aromatic rings. The van der Waals surface area contributed by atoms with Crippen LogP contribution in [0.2, 0.25) is 0 Å². The van der Waals surface area contributed by atoms with E-state index in [-0.39, 0.29) is 12.1 Å². The van der Waals surface area contributed by atoms with Crippen LogP contribution in [0.1, 0.15) is 30.3 Å². The van der Waals surface area contributed by atoms with Crippen molar-refractivity contribution >= 4 is 17.4 Å². The second kappa shape index (κ2) is 7.05. The van der Waals surface area contributed by atoms with Gasteiger partial charge in [-0.25, -0.2) is 4.79 Å². The van der Waals surface area contributed by atoms with Gasteiger partial charge in [0.2, 0.25) is 0 Å². The predicted octanol–water partition coefficient (Wildman–Crippen LogP) is 3.44. The molecule has 0 fully saturated rings. The van der Waals surface area contributed by atoms with E-state index >= 15 is 0 Å². The molecule has 2 amide bonds. The van der Waals surface area contributed by atoms with Crippen LogP contribution in [-0.2, 0) is 6.54 Å². The predicted molar refractivity (Wildman–Crippen MR) is 81.6 cm³/mol. The topological polar surface area (TPSA) is 45.2 Å². The van der Waals surface area contributed by atoms with Crippen molar-refractivity contribution in [1.29, 1.82) is 0 Å². The third-order valence-electron chi connectivity index (χ3n) is 3.14. The molecule has 2 heterocycles. The summed E-state index contributed by atoms with van der Waals surface area (Å²) >= 11 is 1.67. The zero-order valence-corrected chi connectivity index (χ0v) is 12.6.